The molecule has 1 aliphatic rings. The van der Waals surface area contributed by atoms with Crippen LogP contribution in [-0.2, 0) is 4.74 Å². The van der Waals surface area contributed by atoms with Crippen LogP contribution in [0.2, 0.25) is 0 Å². The fourth-order valence-electron chi connectivity index (χ4n) is 2.30. The summed E-state index contributed by atoms with van der Waals surface area (Å²) in [5, 5.41) is 0.793. The van der Waals surface area contributed by atoms with Gasteiger partial charge in [0.2, 0.25) is 0 Å². The summed E-state index contributed by atoms with van der Waals surface area (Å²) >= 11 is 1.37. The number of nitrogen functional groups attached to an aromatic ring is 1. The Balaban J connectivity index is 2.08. The molecule has 1 atom stereocenters. The number of hydrogen-bond donors (Lipinski definition) is 1. The van der Waals surface area contributed by atoms with Crippen molar-refractivity contribution in [1.29, 1.82) is 0 Å². The van der Waals surface area contributed by atoms with Crippen LogP contribution in [0.25, 0.3) is 0 Å². The Kier molecular flexibility index (Phi) is 4.82. The lowest BCUT2D eigenvalue weighted by Crippen LogP contribution is -2.29. The molecule has 2 N–H and O–H groups in total. The SMILES string of the molecule is CCN(C)c1nc(N)c(C(=O)N2CCC(COC)C2)s1. The minimum atomic E-state index is -0.00523. The monoisotopic (exact) mass is 298 g/mol. The minimum Gasteiger partial charge on any atom is -0.384 e. The van der Waals surface area contributed by atoms with Crippen LogP contribution in [0.5, 0.6) is 0 Å². The van der Waals surface area contributed by atoms with E-state index in [4.69, 9.17) is 10.5 Å². The molecule has 1 amide bonds. The van der Waals surface area contributed by atoms with Crippen LogP contribution in [0.15, 0.2) is 0 Å². The molecule has 1 saturated heterocycles. The first-order valence-corrected chi connectivity index (χ1v) is 7.64. The van der Waals surface area contributed by atoms with Crippen molar-refractivity contribution < 1.29 is 9.53 Å². The highest BCUT2D eigenvalue weighted by atomic mass is 32.1. The normalized spacial score (nSPS) is 18.6. The predicted octanol–water partition coefficient (Wildman–Crippen LogP) is 1.29. The molecule has 0 saturated carbocycles. The smallest absolute Gasteiger partial charge is 0.267 e. The van der Waals surface area contributed by atoms with E-state index < -0.39 is 0 Å². The molecule has 1 fully saturated rings. The average Bonchev–Trinajstić information content (AvgIpc) is 3.04. The summed E-state index contributed by atoms with van der Waals surface area (Å²) < 4.78 is 5.15. The van der Waals surface area contributed by atoms with E-state index in [2.05, 4.69) is 4.98 Å². The number of likely N-dealkylation sites (tertiary alicyclic amines) is 1. The summed E-state index contributed by atoms with van der Waals surface area (Å²) in [4.78, 5) is 21.2. The second kappa shape index (κ2) is 6.41. The van der Waals surface area contributed by atoms with Crippen LogP contribution < -0.4 is 10.6 Å². The number of rotatable bonds is 5. The van der Waals surface area contributed by atoms with Crippen LogP contribution >= 0.6 is 11.3 Å². The fourth-order valence-corrected chi connectivity index (χ4v) is 3.28. The highest BCUT2D eigenvalue weighted by molar-refractivity contribution is 7.18. The molecule has 7 heteroatoms. The van der Waals surface area contributed by atoms with Crippen molar-refractivity contribution in [2.45, 2.75) is 13.3 Å². The summed E-state index contributed by atoms with van der Waals surface area (Å²) in [6, 6.07) is 0. The zero-order valence-electron chi connectivity index (χ0n) is 12.3. The molecule has 0 spiro atoms. The molecule has 2 heterocycles. The van der Waals surface area contributed by atoms with Crippen LogP contribution in [0.3, 0.4) is 0 Å². The Morgan fingerprint density at radius 3 is 3.05 bits per heavy atom. The number of methoxy groups -OCH3 is 1. The zero-order valence-corrected chi connectivity index (χ0v) is 13.1. The summed E-state index contributed by atoms with van der Waals surface area (Å²) in [6.07, 6.45) is 0.986. The van der Waals surface area contributed by atoms with Crippen molar-refractivity contribution in [2.75, 3.05) is 51.0 Å². The fraction of sp³-hybridized carbons (Fsp3) is 0.692. The van der Waals surface area contributed by atoms with Gasteiger partial charge in [0.15, 0.2) is 5.13 Å². The molecule has 0 aromatic carbocycles. The summed E-state index contributed by atoms with van der Waals surface area (Å²) in [5.74, 6) is 0.760. The molecule has 6 nitrogen and oxygen atoms in total. The van der Waals surface area contributed by atoms with E-state index in [0.29, 0.717) is 23.2 Å². The Hall–Kier alpha value is -1.34. The van der Waals surface area contributed by atoms with E-state index in [1.54, 1.807) is 7.11 Å². The Morgan fingerprint density at radius 1 is 1.65 bits per heavy atom. The van der Waals surface area contributed by atoms with E-state index in [0.717, 1.165) is 31.2 Å². The van der Waals surface area contributed by atoms with Gasteiger partial charge in [-0.3, -0.25) is 4.79 Å². The highest BCUT2D eigenvalue weighted by Crippen LogP contribution is 2.30. The van der Waals surface area contributed by atoms with Gasteiger partial charge in [0, 0.05) is 39.7 Å². The van der Waals surface area contributed by atoms with Gasteiger partial charge in [-0.1, -0.05) is 11.3 Å². The third kappa shape index (κ3) is 3.04. The van der Waals surface area contributed by atoms with Gasteiger partial charge in [0.1, 0.15) is 10.7 Å². The van der Waals surface area contributed by atoms with Crippen molar-refractivity contribution in [1.82, 2.24) is 9.88 Å². The first-order valence-electron chi connectivity index (χ1n) is 6.82. The van der Waals surface area contributed by atoms with E-state index >= 15 is 0 Å². The molecular formula is C13H22N4O2S. The highest BCUT2D eigenvalue weighted by Gasteiger charge is 2.29. The van der Waals surface area contributed by atoms with Gasteiger partial charge in [-0.25, -0.2) is 4.98 Å². The Morgan fingerprint density at radius 2 is 2.40 bits per heavy atom. The molecule has 0 radical (unpaired) electrons. The number of carbonyl (C=O) groups excluding carboxylic acids is 1. The maximum absolute atomic E-state index is 12.5. The largest absolute Gasteiger partial charge is 0.384 e. The third-order valence-electron chi connectivity index (χ3n) is 3.61. The van der Waals surface area contributed by atoms with Crippen LogP contribution in [-0.4, -0.2) is 56.2 Å². The van der Waals surface area contributed by atoms with Crippen molar-refractivity contribution in [3.05, 3.63) is 4.88 Å². The number of carbonyl (C=O) groups is 1. The summed E-state index contributed by atoms with van der Waals surface area (Å²) in [5.41, 5.74) is 5.90. The molecule has 0 aliphatic carbocycles. The molecule has 20 heavy (non-hydrogen) atoms. The van der Waals surface area contributed by atoms with Crippen molar-refractivity contribution in [3.63, 3.8) is 0 Å². The lowest BCUT2D eigenvalue weighted by Gasteiger charge is -2.15. The van der Waals surface area contributed by atoms with E-state index in [1.165, 1.54) is 11.3 Å². The topological polar surface area (TPSA) is 71.7 Å². The summed E-state index contributed by atoms with van der Waals surface area (Å²) in [7, 11) is 3.63. The third-order valence-corrected chi connectivity index (χ3v) is 4.79. The lowest BCUT2D eigenvalue weighted by molar-refractivity contribution is 0.0781. The minimum absolute atomic E-state index is 0.00523. The second-order valence-electron chi connectivity index (χ2n) is 5.09. The Labute approximate surface area is 123 Å². The van der Waals surface area contributed by atoms with Crippen molar-refractivity contribution in [2.24, 2.45) is 5.92 Å². The van der Waals surface area contributed by atoms with Gasteiger partial charge in [0.25, 0.3) is 5.91 Å². The first-order chi connectivity index (χ1) is 9.56. The molecule has 1 aromatic rings. The van der Waals surface area contributed by atoms with Gasteiger partial charge >= 0.3 is 0 Å². The second-order valence-corrected chi connectivity index (χ2v) is 6.06. The van der Waals surface area contributed by atoms with E-state index in [1.807, 2.05) is 23.8 Å². The maximum Gasteiger partial charge on any atom is 0.267 e. The number of nitrogens with zero attached hydrogens (tertiary/aromatic N) is 3. The van der Waals surface area contributed by atoms with Crippen LogP contribution in [0, 0.1) is 5.92 Å². The standard InChI is InChI=1S/C13H22N4O2S/c1-4-16(2)13-15-11(14)10(20-13)12(18)17-6-5-9(7-17)8-19-3/h9H,4-8,14H2,1-3H3. The Bertz CT molecular complexity index is 477. The van der Waals surface area contributed by atoms with Gasteiger partial charge in [-0.15, -0.1) is 0 Å². The summed E-state index contributed by atoms with van der Waals surface area (Å²) in [6.45, 7) is 5.08. The number of thiazole rings is 1. The molecule has 0 bridgehead atoms. The number of anilines is 2. The van der Waals surface area contributed by atoms with Gasteiger partial charge in [-0.05, 0) is 13.3 Å². The number of hydrogen-bond acceptors (Lipinski definition) is 6. The van der Waals surface area contributed by atoms with Crippen LogP contribution in [0.4, 0.5) is 10.9 Å². The number of aromatic nitrogens is 1. The van der Waals surface area contributed by atoms with E-state index in [9.17, 15) is 4.79 Å². The van der Waals surface area contributed by atoms with Crippen molar-refractivity contribution >= 4 is 28.2 Å². The number of ether oxygens (including phenoxy) is 1. The first kappa shape index (κ1) is 15.1. The lowest BCUT2D eigenvalue weighted by atomic mass is 10.1. The number of nitrogens with two attached hydrogens (primary N) is 1. The van der Waals surface area contributed by atoms with Crippen molar-refractivity contribution in [3.8, 4) is 0 Å². The molecular weight excluding hydrogens is 276 g/mol. The molecule has 1 unspecified atom stereocenters. The molecule has 1 aliphatic heterocycles. The maximum atomic E-state index is 12.5. The molecule has 112 valence electrons. The number of amides is 1. The average molecular weight is 298 g/mol. The van der Waals surface area contributed by atoms with Gasteiger partial charge < -0.3 is 20.3 Å². The van der Waals surface area contributed by atoms with Crippen LogP contribution in [0.1, 0.15) is 23.0 Å². The van der Waals surface area contributed by atoms with Gasteiger partial charge in [-0.2, -0.15) is 0 Å². The van der Waals surface area contributed by atoms with E-state index in [-0.39, 0.29) is 5.91 Å². The molecule has 2 rings (SSSR count). The quantitative estimate of drug-likeness (QED) is 0.887. The zero-order chi connectivity index (χ0) is 14.7. The molecule has 1 aromatic heterocycles. The van der Waals surface area contributed by atoms with Gasteiger partial charge in [0.05, 0.1) is 6.61 Å². The predicted molar refractivity (Wildman–Crippen MR) is 81.4 cm³/mol.